The van der Waals surface area contributed by atoms with Crippen LogP contribution in [0.1, 0.15) is 51.0 Å². The van der Waals surface area contributed by atoms with Crippen LogP contribution in [-0.4, -0.2) is 19.1 Å². The molecule has 21 heavy (non-hydrogen) atoms. The third kappa shape index (κ3) is 3.22. The number of halogens is 1. The third-order valence-corrected chi connectivity index (χ3v) is 5.47. The van der Waals surface area contributed by atoms with Gasteiger partial charge in [0.2, 0.25) is 0 Å². The van der Waals surface area contributed by atoms with Crippen LogP contribution in [0.25, 0.3) is 0 Å². The summed E-state index contributed by atoms with van der Waals surface area (Å²) in [5, 5.41) is 4.38. The Kier molecular flexibility index (Phi) is 5.07. The molecule has 1 aliphatic carbocycles. The fourth-order valence-electron chi connectivity index (χ4n) is 4.19. The number of nitrogens with one attached hydrogen (secondary N) is 1. The van der Waals surface area contributed by atoms with Crippen molar-refractivity contribution < 1.29 is 0 Å². The number of hydrogen-bond acceptors (Lipinski definition) is 2. The summed E-state index contributed by atoms with van der Waals surface area (Å²) in [4.78, 5) is 2.63. The standard InChI is InChI=1S/C18H27ClN2/c1-2-20-13-15-9-5-10-16(19)18(15)21-12-6-11-17(21)14-7-3-4-8-14/h5,9-10,14,17,20H,2-4,6-8,11-13H2,1H3. The van der Waals surface area contributed by atoms with Crippen LogP contribution < -0.4 is 10.2 Å². The molecule has 2 fully saturated rings. The summed E-state index contributed by atoms with van der Waals surface area (Å²) in [7, 11) is 0. The second-order valence-corrected chi connectivity index (χ2v) is 6.88. The lowest BCUT2D eigenvalue weighted by Crippen LogP contribution is -2.35. The Morgan fingerprint density at radius 1 is 1.19 bits per heavy atom. The van der Waals surface area contributed by atoms with Gasteiger partial charge in [0.1, 0.15) is 0 Å². The maximum Gasteiger partial charge on any atom is 0.0643 e. The molecule has 0 spiro atoms. The SMILES string of the molecule is CCNCc1cccc(Cl)c1N1CCCC1C1CCCC1. The predicted octanol–water partition coefficient (Wildman–Crippen LogP) is 4.61. The molecular weight excluding hydrogens is 280 g/mol. The molecule has 2 aliphatic rings. The van der Waals surface area contributed by atoms with Crippen LogP contribution in [0.4, 0.5) is 5.69 Å². The average Bonchev–Trinajstić information content (AvgIpc) is 3.15. The number of benzene rings is 1. The molecule has 3 rings (SSSR count). The molecule has 1 aromatic rings. The summed E-state index contributed by atoms with van der Waals surface area (Å²) in [6.07, 6.45) is 8.31. The smallest absolute Gasteiger partial charge is 0.0643 e. The highest BCUT2D eigenvalue weighted by Crippen LogP contribution is 2.41. The molecule has 1 unspecified atom stereocenters. The fourth-order valence-corrected chi connectivity index (χ4v) is 4.49. The van der Waals surface area contributed by atoms with Crippen molar-refractivity contribution in [3.8, 4) is 0 Å². The highest BCUT2D eigenvalue weighted by Gasteiger charge is 2.34. The van der Waals surface area contributed by atoms with Gasteiger partial charge in [-0.1, -0.05) is 43.5 Å². The number of rotatable bonds is 5. The largest absolute Gasteiger partial charge is 0.367 e. The first-order chi connectivity index (χ1) is 10.3. The van der Waals surface area contributed by atoms with E-state index in [1.165, 1.54) is 56.3 Å². The van der Waals surface area contributed by atoms with E-state index in [2.05, 4.69) is 35.3 Å². The van der Waals surface area contributed by atoms with Gasteiger partial charge in [0, 0.05) is 19.1 Å². The summed E-state index contributed by atoms with van der Waals surface area (Å²) in [6.45, 7) is 5.24. The third-order valence-electron chi connectivity index (χ3n) is 5.17. The molecule has 116 valence electrons. The molecule has 0 amide bonds. The van der Waals surface area contributed by atoms with E-state index in [4.69, 9.17) is 11.6 Å². The van der Waals surface area contributed by atoms with Gasteiger partial charge >= 0.3 is 0 Å². The lowest BCUT2D eigenvalue weighted by atomic mass is 9.95. The summed E-state index contributed by atoms with van der Waals surface area (Å²) in [5.74, 6) is 0.885. The Morgan fingerprint density at radius 3 is 2.76 bits per heavy atom. The molecule has 0 aromatic heterocycles. The van der Waals surface area contributed by atoms with E-state index >= 15 is 0 Å². The first-order valence-electron chi connectivity index (χ1n) is 8.56. The van der Waals surface area contributed by atoms with Crippen molar-refractivity contribution in [3.63, 3.8) is 0 Å². The Hall–Kier alpha value is -0.730. The van der Waals surface area contributed by atoms with E-state index in [0.717, 1.165) is 24.0 Å². The normalized spacial score (nSPS) is 23.1. The van der Waals surface area contributed by atoms with E-state index in [0.29, 0.717) is 6.04 Å². The lowest BCUT2D eigenvalue weighted by Gasteiger charge is -2.33. The Bertz CT molecular complexity index is 468. The van der Waals surface area contributed by atoms with E-state index in [-0.39, 0.29) is 0 Å². The van der Waals surface area contributed by atoms with E-state index in [1.807, 2.05) is 0 Å². The van der Waals surface area contributed by atoms with Crippen molar-refractivity contribution in [2.75, 3.05) is 18.0 Å². The van der Waals surface area contributed by atoms with Gasteiger partial charge in [-0.05, 0) is 49.8 Å². The number of para-hydroxylation sites is 1. The lowest BCUT2D eigenvalue weighted by molar-refractivity contribution is 0.430. The molecule has 1 N–H and O–H groups in total. The minimum atomic E-state index is 0.716. The molecule has 3 heteroatoms. The predicted molar refractivity (Wildman–Crippen MR) is 91.2 cm³/mol. The molecule has 0 bridgehead atoms. The number of nitrogens with zero attached hydrogens (tertiary/aromatic N) is 1. The van der Waals surface area contributed by atoms with Crippen LogP contribution >= 0.6 is 11.6 Å². The molecule has 1 saturated heterocycles. The van der Waals surface area contributed by atoms with Crippen molar-refractivity contribution in [3.05, 3.63) is 28.8 Å². The molecular formula is C18H27ClN2. The molecule has 1 atom stereocenters. The van der Waals surface area contributed by atoms with Crippen LogP contribution in [0.15, 0.2) is 18.2 Å². The molecule has 1 aliphatic heterocycles. The molecule has 2 nitrogen and oxygen atoms in total. The zero-order valence-corrected chi connectivity index (χ0v) is 13.8. The van der Waals surface area contributed by atoms with Crippen molar-refractivity contribution in [2.45, 2.75) is 58.0 Å². The summed E-state index contributed by atoms with van der Waals surface area (Å²) >= 11 is 6.59. The highest BCUT2D eigenvalue weighted by atomic mass is 35.5. The minimum absolute atomic E-state index is 0.716. The quantitative estimate of drug-likeness (QED) is 0.854. The Morgan fingerprint density at radius 2 is 2.00 bits per heavy atom. The first-order valence-corrected chi connectivity index (χ1v) is 8.93. The first kappa shape index (κ1) is 15.2. The van der Waals surface area contributed by atoms with Crippen LogP contribution in [0, 0.1) is 5.92 Å². The van der Waals surface area contributed by atoms with Gasteiger partial charge < -0.3 is 10.2 Å². The fraction of sp³-hybridized carbons (Fsp3) is 0.667. The van der Waals surface area contributed by atoms with Crippen LogP contribution in [0.2, 0.25) is 5.02 Å². The van der Waals surface area contributed by atoms with Crippen LogP contribution in [0.3, 0.4) is 0 Å². The van der Waals surface area contributed by atoms with Gasteiger partial charge in [-0.3, -0.25) is 0 Å². The summed E-state index contributed by atoms with van der Waals surface area (Å²) in [6, 6.07) is 7.08. The van der Waals surface area contributed by atoms with Gasteiger partial charge in [0.15, 0.2) is 0 Å². The molecule has 1 aromatic carbocycles. The highest BCUT2D eigenvalue weighted by molar-refractivity contribution is 6.33. The molecule has 1 heterocycles. The van der Waals surface area contributed by atoms with Gasteiger partial charge in [-0.25, -0.2) is 0 Å². The van der Waals surface area contributed by atoms with Crippen molar-refractivity contribution >= 4 is 17.3 Å². The topological polar surface area (TPSA) is 15.3 Å². The van der Waals surface area contributed by atoms with Gasteiger partial charge in [0.25, 0.3) is 0 Å². The maximum absolute atomic E-state index is 6.59. The zero-order chi connectivity index (χ0) is 14.7. The van der Waals surface area contributed by atoms with E-state index < -0.39 is 0 Å². The Balaban J connectivity index is 1.87. The summed E-state index contributed by atoms with van der Waals surface area (Å²) < 4.78 is 0. The number of hydrogen-bond donors (Lipinski definition) is 1. The number of anilines is 1. The maximum atomic E-state index is 6.59. The second-order valence-electron chi connectivity index (χ2n) is 6.48. The van der Waals surface area contributed by atoms with Gasteiger partial charge in [-0.15, -0.1) is 0 Å². The van der Waals surface area contributed by atoms with Crippen molar-refractivity contribution in [2.24, 2.45) is 5.92 Å². The van der Waals surface area contributed by atoms with Gasteiger partial charge in [0.05, 0.1) is 10.7 Å². The second kappa shape index (κ2) is 7.02. The van der Waals surface area contributed by atoms with Crippen molar-refractivity contribution in [1.82, 2.24) is 5.32 Å². The Labute approximate surface area is 133 Å². The zero-order valence-electron chi connectivity index (χ0n) is 13.1. The van der Waals surface area contributed by atoms with Crippen molar-refractivity contribution in [1.29, 1.82) is 0 Å². The van der Waals surface area contributed by atoms with Crippen LogP contribution in [0.5, 0.6) is 0 Å². The monoisotopic (exact) mass is 306 g/mol. The van der Waals surface area contributed by atoms with Gasteiger partial charge in [-0.2, -0.15) is 0 Å². The average molecular weight is 307 g/mol. The van der Waals surface area contributed by atoms with E-state index in [9.17, 15) is 0 Å². The van der Waals surface area contributed by atoms with Crippen LogP contribution in [-0.2, 0) is 6.54 Å². The molecule has 1 saturated carbocycles. The summed E-state index contributed by atoms with van der Waals surface area (Å²) in [5.41, 5.74) is 2.66. The minimum Gasteiger partial charge on any atom is -0.367 e. The molecule has 0 radical (unpaired) electrons. The van der Waals surface area contributed by atoms with E-state index in [1.54, 1.807) is 0 Å².